The molecular formula is C15H23BrN2O. The minimum Gasteiger partial charge on any atom is -0.372 e. The van der Waals surface area contributed by atoms with Gasteiger partial charge < -0.3 is 15.4 Å². The number of nitrogens with zero attached hydrogens (tertiary/aromatic N) is 1. The lowest BCUT2D eigenvalue weighted by atomic mass is 10.0. The summed E-state index contributed by atoms with van der Waals surface area (Å²) in [6.45, 7) is 8.96. The van der Waals surface area contributed by atoms with Crippen molar-refractivity contribution >= 4 is 21.6 Å². The molecular weight excluding hydrogens is 304 g/mol. The lowest BCUT2D eigenvalue weighted by molar-refractivity contribution is -0.0276. The Morgan fingerprint density at radius 1 is 1.47 bits per heavy atom. The molecule has 0 spiro atoms. The van der Waals surface area contributed by atoms with Crippen molar-refractivity contribution in [3.05, 3.63) is 28.2 Å². The maximum absolute atomic E-state index is 5.86. The Labute approximate surface area is 124 Å². The van der Waals surface area contributed by atoms with Crippen LogP contribution in [0.1, 0.15) is 26.3 Å². The Kier molecular flexibility index (Phi) is 4.54. The first-order valence-electron chi connectivity index (χ1n) is 6.80. The molecule has 1 unspecified atom stereocenters. The summed E-state index contributed by atoms with van der Waals surface area (Å²) in [6, 6.07) is 6.73. The van der Waals surface area contributed by atoms with Crippen molar-refractivity contribution in [2.45, 2.75) is 38.8 Å². The second kappa shape index (κ2) is 5.81. The highest BCUT2D eigenvalue weighted by Gasteiger charge is 2.27. The van der Waals surface area contributed by atoms with E-state index in [9.17, 15) is 0 Å². The molecule has 2 rings (SSSR count). The van der Waals surface area contributed by atoms with Crippen LogP contribution < -0.4 is 10.6 Å². The molecule has 19 heavy (non-hydrogen) atoms. The summed E-state index contributed by atoms with van der Waals surface area (Å²) in [5.74, 6) is 0. The molecule has 1 aromatic carbocycles. The van der Waals surface area contributed by atoms with Crippen LogP contribution in [0.5, 0.6) is 0 Å². The molecule has 0 bridgehead atoms. The maximum atomic E-state index is 5.86. The zero-order valence-corrected chi connectivity index (χ0v) is 13.5. The van der Waals surface area contributed by atoms with Gasteiger partial charge in [-0.3, -0.25) is 0 Å². The van der Waals surface area contributed by atoms with Crippen molar-refractivity contribution in [2.24, 2.45) is 5.73 Å². The van der Waals surface area contributed by atoms with Gasteiger partial charge >= 0.3 is 0 Å². The average Bonchev–Trinajstić information content (AvgIpc) is 2.30. The third-order valence-electron chi connectivity index (χ3n) is 3.37. The van der Waals surface area contributed by atoms with Crippen molar-refractivity contribution in [1.29, 1.82) is 0 Å². The number of anilines is 1. The molecule has 0 amide bonds. The number of hydrogen-bond acceptors (Lipinski definition) is 3. The van der Waals surface area contributed by atoms with E-state index in [0.717, 1.165) is 30.6 Å². The highest BCUT2D eigenvalue weighted by atomic mass is 79.9. The second-order valence-electron chi connectivity index (χ2n) is 5.99. The highest BCUT2D eigenvalue weighted by molar-refractivity contribution is 9.10. The van der Waals surface area contributed by atoms with Crippen molar-refractivity contribution in [3.8, 4) is 0 Å². The first-order valence-corrected chi connectivity index (χ1v) is 7.59. The summed E-state index contributed by atoms with van der Waals surface area (Å²) >= 11 is 3.66. The van der Waals surface area contributed by atoms with Crippen molar-refractivity contribution in [1.82, 2.24) is 0 Å². The monoisotopic (exact) mass is 326 g/mol. The molecule has 0 aromatic heterocycles. The Morgan fingerprint density at radius 2 is 2.21 bits per heavy atom. The van der Waals surface area contributed by atoms with Gasteiger partial charge in [0.05, 0.1) is 12.2 Å². The van der Waals surface area contributed by atoms with Gasteiger partial charge in [-0.1, -0.05) is 22.0 Å². The van der Waals surface area contributed by atoms with Crippen LogP contribution in [0.4, 0.5) is 5.69 Å². The van der Waals surface area contributed by atoms with Gasteiger partial charge in [-0.05, 0) is 44.9 Å². The van der Waals surface area contributed by atoms with E-state index in [4.69, 9.17) is 10.5 Å². The van der Waals surface area contributed by atoms with E-state index in [1.807, 2.05) is 6.92 Å². The SMILES string of the molecule is CC(N)Cc1ccc(N2CCOC(C)(C)C2)cc1Br. The summed E-state index contributed by atoms with van der Waals surface area (Å²) in [5.41, 5.74) is 8.30. The Balaban J connectivity index is 2.15. The topological polar surface area (TPSA) is 38.5 Å². The van der Waals surface area contributed by atoms with Crippen LogP contribution in [0.15, 0.2) is 22.7 Å². The molecule has 106 valence electrons. The molecule has 1 aromatic rings. The van der Waals surface area contributed by atoms with E-state index >= 15 is 0 Å². The number of nitrogens with two attached hydrogens (primary N) is 1. The zero-order chi connectivity index (χ0) is 14.0. The number of morpholine rings is 1. The first-order chi connectivity index (χ1) is 8.87. The number of rotatable bonds is 3. The minimum absolute atomic E-state index is 0.0742. The zero-order valence-electron chi connectivity index (χ0n) is 11.9. The summed E-state index contributed by atoms with van der Waals surface area (Å²) < 4.78 is 6.90. The Bertz CT molecular complexity index is 446. The lowest BCUT2D eigenvalue weighted by Gasteiger charge is -2.39. The van der Waals surface area contributed by atoms with Gasteiger partial charge in [0.15, 0.2) is 0 Å². The van der Waals surface area contributed by atoms with Crippen molar-refractivity contribution in [3.63, 3.8) is 0 Å². The molecule has 1 aliphatic heterocycles. The summed E-state index contributed by atoms with van der Waals surface area (Å²) in [5, 5.41) is 0. The molecule has 1 aliphatic rings. The average molecular weight is 327 g/mol. The lowest BCUT2D eigenvalue weighted by Crippen LogP contribution is -2.48. The van der Waals surface area contributed by atoms with E-state index in [0.29, 0.717) is 0 Å². The van der Waals surface area contributed by atoms with E-state index in [1.165, 1.54) is 11.3 Å². The number of ether oxygens (including phenoxy) is 1. The molecule has 0 radical (unpaired) electrons. The van der Waals surface area contributed by atoms with Crippen LogP contribution >= 0.6 is 15.9 Å². The standard InChI is InChI=1S/C15H23BrN2O/c1-11(17)8-12-4-5-13(9-14(12)16)18-6-7-19-15(2,3)10-18/h4-5,9,11H,6-8,10,17H2,1-3H3. The van der Waals surface area contributed by atoms with Crippen LogP contribution in [-0.4, -0.2) is 31.3 Å². The second-order valence-corrected chi connectivity index (χ2v) is 6.84. The van der Waals surface area contributed by atoms with Gasteiger partial charge in [0.2, 0.25) is 0 Å². The van der Waals surface area contributed by atoms with E-state index in [2.05, 4.69) is 52.9 Å². The molecule has 0 aliphatic carbocycles. The van der Waals surface area contributed by atoms with Crippen LogP contribution in [0, 0.1) is 0 Å². The van der Waals surface area contributed by atoms with Gasteiger partial charge in [-0.25, -0.2) is 0 Å². The first kappa shape index (κ1) is 14.8. The number of halogens is 1. The predicted molar refractivity (Wildman–Crippen MR) is 83.7 cm³/mol. The van der Waals surface area contributed by atoms with E-state index < -0.39 is 0 Å². The molecule has 4 heteroatoms. The van der Waals surface area contributed by atoms with Crippen LogP contribution in [-0.2, 0) is 11.2 Å². The van der Waals surface area contributed by atoms with Gasteiger partial charge in [-0.15, -0.1) is 0 Å². The molecule has 2 N–H and O–H groups in total. The predicted octanol–water partition coefficient (Wildman–Crippen LogP) is 2.95. The number of benzene rings is 1. The van der Waals surface area contributed by atoms with Crippen molar-refractivity contribution < 1.29 is 4.74 Å². The molecule has 3 nitrogen and oxygen atoms in total. The van der Waals surface area contributed by atoms with Crippen molar-refractivity contribution in [2.75, 3.05) is 24.6 Å². The highest BCUT2D eigenvalue weighted by Crippen LogP contribution is 2.28. The van der Waals surface area contributed by atoms with E-state index in [-0.39, 0.29) is 11.6 Å². The molecule has 1 saturated heterocycles. The normalized spacial score (nSPS) is 20.4. The molecule has 0 saturated carbocycles. The molecule has 1 heterocycles. The quantitative estimate of drug-likeness (QED) is 0.928. The third-order valence-corrected chi connectivity index (χ3v) is 4.11. The fraction of sp³-hybridized carbons (Fsp3) is 0.600. The maximum Gasteiger partial charge on any atom is 0.0801 e. The molecule has 1 atom stereocenters. The van der Waals surface area contributed by atoms with Gasteiger partial charge in [0.25, 0.3) is 0 Å². The summed E-state index contributed by atoms with van der Waals surface area (Å²) in [7, 11) is 0. The summed E-state index contributed by atoms with van der Waals surface area (Å²) in [4.78, 5) is 2.38. The Morgan fingerprint density at radius 3 is 2.79 bits per heavy atom. The molecule has 1 fully saturated rings. The van der Waals surface area contributed by atoms with E-state index in [1.54, 1.807) is 0 Å². The summed E-state index contributed by atoms with van der Waals surface area (Å²) in [6.07, 6.45) is 0.898. The fourth-order valence-electron chi connectivity index (χ4n) is 2.48. The van der Waals surface area contributed by atoms with Crippen LogP contribution in [0.25, 0.3) is 0 Å². The fourth-order valence-corrected chi connectivity index (χ4v) is 3.01. The minimum atomic E-state index is -0.0742. The van der Waals surface area contributed by atoms with Crippen LogP contribution in [0.2, 0.25) is 0 Å². The van der Waals surface area contributed by atoms with Gasteiger partial charge in [0, 0.05) is 29.3 Å². The Hall–Kier alpha value is -0.580. The largest absolute Gasteiger partial charge is 0.372 e. The van der Waals surface area contributed by atoms with Gasteiger partial charge in [-0.2, -0.15) is 0 Å². The van der Waals surface area contributed by atoms with Crippen LogP contribution in [0.3, 0.4) is 0 Å². The smallest absolute Gasteiger partial charge is 0.0801 e. The van der Waals surface area contributed by atoms with Gasteiger partial charge in [0.1, 0.15) is 0 Å². The third kappa shape index (κ3) is 3.94. The number of hydrogen-bond donors (Lipinski definition) is 1.